The molecule has 2 nitrogen and oxygen atoms in total. The normalized spacial score (nSPS) is 45.9. The number of carboxylic acid groups (broad SMARTS) is 1. The molecule has 0 heterocycles. The molecule has 2 heteroatoms. The lowest BCUT2D eigenvalue weighted by atomic mass is 9.43. The Labute approximate surface area is 135 Å². The predicted octanol–water partition coefficient (Wildman–Crippen LogP) is 5.29. The van der Waals surface area contributed by atoms with Crippen molar-refractivity contribution >= 4 is 5.97 Å². The van der Waals surface area contributed by atoms with Crippen LogP contribution in [0.4, 0.5) is 0 Å². The lowest BCUT2D eigenvalue weighted by molar-refractivity contribution is -0.131. The molecule has 3 fully saturated rings. The van der Waals surface area contributed by atoms with E-state index in [0.717, 1.165) is 18.3 Å². The first-order valence-electron chi connectivity index (χ1n) is 9.19. The maximum atomic E-state index is 11.1. The molecule has 0 spiro atoms. The Bertz CT molecular complexity index is 490. The second-order valence-electron chi connectivity index (χ2n) is 9.13. The minimum atomic E-state index is -0.765. The third kappa shape index (κ3) is 2.43. The van der Waals surface area contributed by atoms with Crippen molar-refractivity contribution in [3.8, 4) is 0 Å². The van der Waals surface area contributed by atoms with Crippen LogP contribution >= 0.6 is 0 Å². The molecule has 3 saturated carbocycles. The molecular formula is C20H32O2. The molecule has 3 aliphatic carbocycles. The van der Waals surface area contributed by atoms with Gasteiger partial charge in [-0.25, -0.2) is 4.79 Å². The highest BCUT2D eigenvalue weighted by Gasteiger charge is 2.56. The van der Waals surface area contributed by atoms with Crippen molar-refractivity contribution in [2.45, 2.75) is 72.6 Å². The van der Waals surface area contributed by atoms with Crippen molar-refractivity contribution < 1.29 is 9.90 Å². The molecule has 0 unspecified atom stereocenters. The fraction of sp³-hybridized carbons (Fsp3) is 0.850. The molecule has 0 aliphatic heterocycles. The SMILES string of the molecule is C[C@H]1/C(=C\C(=O)O)CC[C@H]2[C@H]1CC[C@H]1C(C)(C)CCC[C@]21C. The maximum absolute atomic E-state index is 11.1. The van der Waals surface area contributed by atoms with E-state index in [1.807, 2.05) is 0 Å². The van der Waals surface area contributed by atoms with Crippen LogP contribution in [0.3, 0.4) is 0 Å². The minimum absolute atomic E-state index is 0.456. The van der Waals surface area contributed by atoms with Crippen LogP contribution in [-0.4, -0.2) is 11.1 Å². The number of hydrogen-bond donors (Lipinski definition) is 1. The van der Waals surface area contributed by atoms with Crippen molar-refractivity contribution in [2.24, 2.45) is 34.5 Å². The first-order chi connectivity index (χ1) is 10.3. The van der Waals surface area contributed by atoms with Gasteiger partial charge >= 0.3 is 5.97 Å². The van der Waals surface area contributed by atoms with Crippen molar-refractivity contribution in [1.29, 1.82) is 0 Å². The lowest BCUT2D eigenvalue weighted by Gasteiger charge is -2.61. The molecule has 0 aromatic heterocycles. The molecular weight excluding hydrogens is 272 g/mol. The van der Waals surface area contributed by atoms with Gasteiger partial charge in [0.05, 0.1) is 0 Å². The van der Waals surface area contributed by atoms with Gasteiger partial charge in [0.1, 0.15) is 0 Å². The largest absolute Gasteiger partial charge is 0.478 e. The third-order valence-electron chi connectivity index (χ3n) is 7.71. The van der Waals surface area contributed by atoms with Crippen molar-refractivity contribution in [1.82, 2.24) is 0 Å². The number of rotatable bonds is 1. The monoisotopic (exact) mass is 304 g/mol. The molecule has 0 radical (unpaired) electrons. The van der Waals surface area contributed by atoms with E-state index in [-0.39, 0.29) is 0 Å². The van der Waals surface area contributed by atoms with E-state index in [1.54, 1.807) is 0 Å². The van der Waals surface area contributed by atoms with E-state index in [1.165, 1.54) is 50.2 Å². The molecule has 0 amide bonds. The Morgan fingerprint density at radius 2 is 1.91 bits per heavy atom. The van der Waals surface area contributed by atoms with E-state index >= 15 is 0 Å². The Balaban J connectivity index is 1.89. The van der Waals surface area contributed by atoms with Gasteiger partial charge in [0.2, 0.25) is 0 Å². The molecule has 0 bridgehead atoms. The van der Waals surface area contributed by atoms with E-state index in [9.17, 15) is 4.79 Å². The second-order valence-corrected chi connectivity index (χ2v) is 9.13. The average Bonchev–Trinajstić information content (AvgIpc) is 2.40. The smallest absolute Gasteiger partial charge is 0.328 e. The van der Waals surface area contributed by atoms with Gasteiger partial charge in [-0.2, -0.15) is 0 Å². The quantitative estimate of drug-likeness (QED) is 0.669. The average molecular weight is 304 g/mol. The molecule has 22 heavy (non-hydrogen) atoms. The second kappa shape index (κ2) is 5.39. The number of aliphatic carboxylic acids is 1. The van der Waals surface area contributed by atoms with Crippen LogP contribution in [0, 0.1) is 34.5 Å². The van der Waals surface area contributed by atoms with Crippen LogP contribution in [0.5, 0.6) is 0 Å². The molecule has 3 rings (SSSR count). The highest BCUT2D eigenvalue weighted by molar-refractivity contribution is 5.80. The van der Waals surface area contributed by atoms with Crippen LogP contribution in [0.1, 0.15) is 72.6 Å². The van der Waals surface area contributed by atoms with Gasteiger partial charge < -0.3 is 5.11 Å². The fourth-order valence-electron chi connectivity index (χ4n) is 6.71. The van der Waals surface area contributed by atoms with Gasteiger partial charge in [-0.05, 0) is 73.0 Å². The van der Waals surface area contributed by atoms with Crippen LogP contribution < -0.4 is 0 Å². The van der Waals surface area contributed by atoms with Crippen LogP contribution in [0.15, 0.2) is 11.6 Å². The highest BCUT2D eigenvalue weighted by atomic mass is 16.4. The summed E-state index contributed by atoms with van der Waals surface area (Å²) in [5.74, 6) is 2.05. The molecule has 1 N–H and O–H groups in total. The Hall–Kier alpha value is -0.790. The number of carboxylic acids is 1. The summed E-state index contributed by atoms with van der Waals surface area (Å²) in [5.41, 5.74) is 2.15. The third-order valence-corrected chi connectivity index (χ3v) is 7.71. The van der Waals surface area contributed by atoms with Gasteiger partial charge in [-0.15, -0.1) is 0 Å². The van der Waals surface area contributed by atoms with Gasteiger partial charge in [-0.3, -0.25) is 0 Å². The van der Waals surface area contributed by atoms with Gasteiger partial charge in [0, 0.05) is 6.08 Å². The number of allylic oxidation sites excluding steroid dienone is 1. The maximum Gasteiger partial charge on any atom is 0.328 e. The van der Waals surface area contributed by atoms with Gasteiger partial charge in [-0.1, -0.05) is 39.7 Å². The summed E-state index contributed by atoms with van der Waals surface area (Å²) in [5, 5.41) is 9.11. The lowest BCUT2D eigenvalue weighted by Crippen LogP contribution is -2.53. The molecule has 5 atom stereocenters. The van der Waals surface area contributed by atoms with Crippen LogP contribution in [0.2, 0.25) is 0 Å². The molecule has 0 aromatic rings. The zero-order valence-corrected chi connectivity index (χ0v) is 14.7. The first kappa shape index (κ1) is 16.1. The van der Waals surface area contributed by atoms with Gasteiger partial charge in [0.15, 0.2) is 0 Å². The zero-order chi connectivity index (χ0) is 16.1. The molecule has 0 saturated heterocycles. The van der Waals surface area contributed by atoms with Crippen LogP contribution in [-0.2, 0) is 4.79 Å². The number of fused-ring (bicyclic) bond motifs is 3. The molecule has 0 aromatic carbocycles. The first-order valence-corrected chi connectivity index (χ1v) is 9.19. The van der Waals surface area contributed by atoms with E-state index < -0.39 is 5.97 Å². The number of carbonyl (C=O) groups is 1. The molecule has 124 valence electrons. The van der Waals surface area contributed by atoms with Crippen LogP contribution in [0.25, 0.3) is 0 Å². The van der Waals surface area contributed by atoms with E-state index in [2.05, 4.69) is 27.7 Å². The Kier molecular flexibility index (Phi) is 3.94. The Morgan fingerprint density at radius 3 is 2.59 bits per heavy atom. The van der Waals surface area contributed by atoms with Crippen molar-refractivity contribution in [2.75, 3.05) is 0 Å². The number of hydrogen-bond acceptors (Lipinski definition) is 1. The summed E-state index contributed by atoms with van der Waals surface area (Å²) >= 11 is 0. The van der Waals surface area contributed by atoms with E-state index in [0.29, 0.717) is 22.7 Å². The molecule has 3 aliphatic rings. The standard InChI is InChI=1S/C20H32O2/c1-13-14(12-18(21)22)6-8-16-15(13)7-9-17-19(2,3)10-5-11-20(16,17)4/h12-13,15-17H,5-11H2,1-4H3,(H,21,22)/b14-12-/t13-,15-,16-,17-,20+/m0/s1. The predicted molar refractivity (Wildman–Crippen MR) is 89.6 cm³/mol. The zero-order valence-electron chi connectivity index (χ0n) is 14.7. The highest BCUT2D eigenvalue weighted by Crippen LogP contribution is 2.64. The fourth-order valence-corrected chi connectivity index (χ4v) is 6.71. The van der Waals surface area contributed by atoms with Gasteiger partial charge in [0.25, 0.3) is 0 Å². The minimum Gasteiger partial charge on any atom is -0.478 e. The summed E-state index contributed by atoms with van der Waals surface area (Å²) in [4.78, 5) is 11.1. The van der Waals surface area contributed by atoms with Crippen molar-refractivity contribution in [3.05, 3.63) is 11.6 Å². The summed E-state index contributed by atoms with van der Waals surface area (Å²) in [6.07, 6.45) is 10.5. The summed E-state index contributed by atoms with van der Waals surface area (Å²) in [6.45, 7) is 9.81. The Morgan fingerprint density at radius 1 is 1.18 bits per heavy atom. The topological polar surface area (TPSA) is 37.3 Å². The summed E-state index contributed by atoms with van der Waals surface area (Å²) in [6, 6.07) is 0. The van der Waals surface area contributed by atoms with E-state index in [4.69, 9.17) is 5.11 Å². The summed E-state index contributed by atoms with van der Waals surface area (Å²) in [7, 11) is 0. The van der Waals surface area contributed by atoms with Crippen molar-refractivity contribution in [3.63, 3.8) is 0 Å². The summed E-state index contributed by atoms with van der Waals surface area (Å²) < 4.78 is 0.